The Kier molecular flexibility index (Phi) is 3.05. The second-order valence-corrected chi connectivity index (χ2v) is 5.38. The molecule has 0 aliphatic carbocycles. The third-order valence-electron chi connectivity index (χ3n) is 4.08. The zero-order chi connectivity index (χ0) is 15.8. The van der Waals surface area contributed by atoms with Gasteiger partial charge in [0.1, 0.15) is 5.75 Å². The smallest absolute Gasteiger partial charge is 0.198 e. The first-order valence-electron chi connectivity index (χ1n) is 7.34. The van der Waals surface area contributed by atoms with Gasteiger partial charge in [0.05, 0.1) is 5.56 Å². The van der Waals surface area contributed by atoms with E-state index in [1.807, 2.05) is 42.5 Å². The summed E-state index contributed by atoms with van der Waals surface area (Å²) in [5.74, 6) is 0.00741. The van der Waals surface area contributed by atoms with E-state index in [4.69, 9.17) is 0 Å². The molecule has 23 heavy (non-hydrogen) atoms. The molecule has 1 aromatic heterocycles. The van der Waals surface area contributed by atoms with Gasteiger partial charge in [-0.25, -0.2) is 0 Å². The van der Waals surface area contributed by atoms with Crippen molar-refractivity contribution in [3.8, 4) is 16.9 Å². The second kappa shape index (κ2) is 5.21. The highest BCUT2D eigenvalue weighted by atomic mass is 16.3. The van der Waals surface area contributed by atoms with Gasteiger partial charge in [0.25, 0.3) is 0 Å². The van der Waals surface area contributed by atoms with Crippen molar-refractivity contribution in [2.45, 2.75) is 0 Å². The van der Waals surface area contributed by atoms with Crippen LogP contribution >= 0.6 is 0 Å². The van der Waals surface area contributed by atoms with Crippen molar-refractivity contribution in [3.63, 3.8) is 0 Å². The first kappa shape index (κ1) is 13.5. The van der Waals surface area contributed by atoms with Gasteiger partial charge < -0.3 is 5.11 Å². The van der Waals surface area contributed by atoms with E-state index in [9.17, 15) is 9.90 Å². The molecule has 4 rings (SSSR count). The third-order valence-corrected chi connectivity index (χ3v) is 4.08. The number of aromatic hydroxyl groups is 1. The number of benzene rings is 2. The van der Waals surface area contributed by atoms with Crippen molar-refractivity contribution in [2.75, 3.05) is 0 Å². The maximum absolute atomic E-state index is 13.1. The molecule has 0 aliphatic rings. The molecule has 0 atom stereocenters. The molecule has 0 bridgehead atoms. The standard InChI is InChI=1S/C20H13NO2/c22-19-16-7-3-1-5-14(16)15-6-2-4-8-17(15)20(23)18(19)13-9-11-21-12-10-13/h1-12,22H. The molecule has 4 aromatic rings. The minimum absolute atomic E-state index is 0.00741. The molecule has 0 aliphatic heterocycles. The molecule has 0 saturated carbocycles. The predicted molar refractivity (Wildman–Crippen MR) is 92.6 cm³/mol. The molecule has 0 radical (unpaired) electrons. The second-order valence-electron chi connectivity index (χ2n) is 5.38. The lowest BCUT2D eigenvalue weighted by molar-refractivity contribution is 0.483. The van der Waals surface area contributed by atoms with Crippen molar-refractivity contribution in [2.24, 2.45) is 0 Å². The summed E-state index contributed by atoms with van der Waals surface area (Å²) in [5.41, 5.74) is 0.791. The fourth-order valence-electron chi connectivity index (χ4n) is 3.00. The average molecular weight is 299 g/mol. The van der Waals surface area contributed by atoms with Crippen LogP contribution in [-0.4, -0.2) is 10.1 Å². The number of rotatable bonds is 1. The molecule has 3 nitrogen and oxygen atoms in total. The zero-order valence-corrected chi connectivity index (χ0v) is 12.2. The summed E-state index contributed by atoms with van der Waals surface area (Å²) in [7, 11) is 0. The van der Waals surface area contributed by atoms with Crippen LogP contribution in [0.5, 0.6) is 5.75 Å². The van der Waals surface area contributed by atoms with E-state index in [2.05, 4.69) is 4.98 Å². The van der Waals surface area contributed by atoms with Gasteiger partial charge in [-0.3, -0.25) is 9.78 Å². The summed E-state index contributed by atoms with van der Waals surface area (Å²) in [4.78, 5) is 17.1. The summed E-state index contributed by atoms with van der Waals surface area (Å²) in [6.07, 6.45) is 3.23. The number of hydrogen-bond acceptors (Lipinski definition) is 3. The highest BCUT2D eigenvalue weighted by Gasteiger charge is 2.15. The Bertz CT molecular complexity index is 1090. The van der Waals surface area contributed by atoms with Crippen LogP contribution in [0.4, 0.5) is 0 Å². The van der Waals surface area contributed by atoms with Crippen molar-refractivity contribution in [3.05, 3.63) is 83.3 Å². The molecule has 110 valence electrons. The van der Waals surface area contributed by atoms with E-state index in [1.54, 1.807) is 30.6 Å². The van der Waals surface area contributed by atoms with Crippen LogP contribution in [-0.2, 0) is 0 Å². The summed E-state index contributed by atoms with van der Waals surface area (Å²) in [5, 5.41) is 13.8. The van der Waals surface area contributed by atoms with Crippen molar-refractivity contribution in [1.82, 2.24) is 4.98 Å². The molecule has 0 fully saturated rings. The van der Waals surface area contributed by atoms with Crippen LogP contribution in [0.15, 0.2) is 77.9 Å². The molecule has 1 N–H and O–H groups in total. The Morgan fingerprint density at radius 1 is 0.696 bits per heavy atom. The van der Waals surface area contributed by atoms with Crippen LogP contribution in [0.3, 0.4) is 0 Å². The SMILES string of the molecule is O=c1c(-c2ccncc2)c(O)c2ccccc2c2ccccc12. The van der Waals surface area contributed by atoms with Gasteiger partial charge in [0.15, 0.2) is 5.43 Å². The van der Waals surface area contributed by atoms with Crippen LogP contribution in [0.25, 0.3) is 32.7 Å². The Hall–Kier alpha value is -3.20. The highest BCUT2D eigenvalue weighted by Crippen LogP contribution is 2.35. The minimum atomic E-state index is -0.180. The Morgan fingerprint density at radius 2 is 1.22 bits per heavy atom. The van der Waals surface area contributed by atoms with E-state index in [0.29, 0.717) is 21.9 Å². The van der Waals surface area contributed by atoms with E-state index in [0.717, 1.165) is 10.8 Å². The summed E-state index contributed by atoms with van der Waals surface area (Å²) < 4.78 is 0. The lowest BCUT2D eigenvalue weighted by Crippen LogP contribution is -2.02. The molecule has 3 heteroatoms. The van der Waals surface area contributed by atoms with E-state index in [-0.39, 0.29) is 11.2 Å². The third kappa shape index (κ3) is 2.06. The quantitative estimate of drug-likeness (QED) is 0.575. The van der Waals surface area contributed by atoms with Gasteiger partial charge in [-0.2, -0.15) is 0 Å². The molecule has 0 unspecified atom stereocenters. The van der Waals surface area contributed by atoms with Crippen molar-refractivity contribution < 1.29 is 5.11 Å². The Morgan fingerprint density at radius 3 is 1.87 bits per heavy atom. The Labute approximate surface area is 132 Å². The van der Waals surface area contributed by atoms with E-state index < -0.39 is 0 Å². The first-order chi connectivity index (χ1) is 11.3. The maximum atomic E-state index is 13.1. The molecule has 0 spiro atoms. The van der Waals surface area contributed by atoms with E-state index in [1.165, 1.54) is 0 Å². The summed E-state index contributed by atoms with van der Waals surface area (Å²) in [6.45, 7) is 0. The number of pyridine rings is 1. The summed E-state index contributed by atoms with van der Waals surface area (Å²) in [6, 6.07) is 18.4. The van der Waals surface area contributed by atoms with Gasteiger partial charge in [-0.05, 0) is 28.5 Å². The van der Waals surface area contributed by atoms with Crippen LogP contribution < -0.4 is 5.43 Å². The monoisotopic (exact) mass is 299 g/mol. The lowest BCUT2D eigenvalue weighted by Gasteiger charge is -2.02. The molecular formula is C20H13NO2. The fourth-order valence-corrected chi connectivity index (χ4v) is 3.00. The van der Waals surface area contributed by atoms with Gasteiger partial charge in [-0.1, -0.05) is 48.5 Å². The normalized spacial score (nSPS) is 11.0. The predicted octanol–water partition coefficient (Wildman–Crippen LogP) is 4.12. The lowest BCUT2D eigenvalue weighted by atomic mass is 10.1. The number of aromatic nitrogens is 1. The molecule has 0 amide bonds. The molecule has 1 heterocycles. The number of nitrogens with zero attached hydrogens (tertiary/aromatic N) is 1. The van der Waals surface area contributed by atoms with Crippen molar-refractivity contribution in [1.29, 1.82) is 0 Å². The number of fused-ring (bicyclic) bond motifs is 3. The largest absolute Gasteiger partial charge is 0.507 e. The van der Waals surface area contributed by atoms with Gasteiger partial charge >= 0.3 is 0 Å². The van der Waals surface area contributed by atoms with Crippen molar-refractivity contribution >= 4 is 21.5 Å². The minimum Gasteiger partial charge on any atom is -0.507 e. The van der Waals surface area contributed by atoms with Crippen LogP contribution in [0, 0.1) is 0 Å². The first-order valence-corrected chi connectivity index (χ1v) is 7.34. The maximum Gasteiger partial charge on any atom is 0.198 e. The van der Waals surface area contributed by atoms with Gasteiger partial charge in [-0.15, -0.1) is 0 Å². The van der Waals surface area contributed by atoms with Gasteiger partial charge in [0, 0.05) is 23.2 Å². The molecule has 0 saturated heterocycles. The zero-order valence-electron chi connectivity index (χ0n) is 12.2. The van der Waals surface area contributed by atoms with E-state index >= 15 is 0 Å². The molecular weight excluding hydrogens is 286 g/mol. The molecule has 3 aromatic carbocycles. The number of hydrogen-bond donors (Lipinski definition) is 1. The average Bonchev–Trinajstić information content (AvgIpc) is 2.71. The Balaban J connectivity index is 2.34. The van der Waals surface area contributed by atoms with Crippen LogP contribution in [0.2, 0.25) is 0 Å². The summed E-state index contributed by atoms with van der Waals surface area (Å²) >= 11 is 0. The fraction of sp³-hybridized carbons (Fsp3) is 0. The highest BCUT2D eigenvalue weighted by molar-refractivity contribution is 6.10. The topological polar surface area (TPSA) is 50.2 Å². The van der Waals surface area contributed by atoms with Gasteiger partial charge in [0.2, 0.25) is 0 Å². The van der Waals surface area contributed by atoms with Crippen LogP contribution in [0.1, 0.15) is 0 Å².